The molecule has 0 fully saturated rings. The Labute approximate surface area is 211 Å². The van der Waals surface area contributed by atoms with Gasteiger partial charge in [0.25, 0.3) is 5.91 Å². The second-order valence-corrected chi connectivity index (χ2v) is 8.61. The molecule has 188 valence electrons. The van der Waals surface area contributed by atoms with E-state index in [1.54, 1.807) is 61.7 Å². The molecule has 0 spiro atoms. The van der Waals surface area contributed by atoms with Crippen LogP contribution in [0.2, 0.25) is 0 Å². The number of fused-ring (bicyclic) bond motifs is 4. The highest BCUT2D eigenvalue weighted by Crippen LogP contribution is 2.49. The summed E-state index contributed by atoms with van der Waals surface area (Å²) in [5.74, 6) is 1.13. The third kappa shape index (κ3) is 3.88. The predicted octanol–water partition coefficient (Wildman–Crippen LogP) is 4.11. The number of rotatable bonds is 5. The number of amides is 1. The number of nitrogens with one attached hydrogen (secondary N) is 1. The van der Waals surface area contributed by atoms with Crippen LogP contribution in [0.15, 0.2) is 69.9 Å². The first-order chi connectivity index (χ1) is 18.1. The van der Waals surface area contributed by atoms with E-state index in [2.05, 4.69) is 5.32 Å². The van der Waals surface area contributed by atoms with E-state index in [9.17, 15) is 9.59 Å². The third-order valence-corrected chi connectivity index (χ3v) is 6.48. The minimum absolute atomic E-state index is 0.257. The molecular weight excluding hydrogens is 478 g/mol. The molecule has 1 aromatic heterocycles. The van der Waals surface area contributed by atoms with Gasteiger partial charge >= 0.3 is 5.63 Å². The highest BCUT2D eigenvalue weighted by molar-refractivity contribution is 5.97. The summed E-state index contributed by atoms with van der Waals surface area (Å²) in [5, 5.41) is 3.49. The third-order valence-electron chi connectivity index (χ3n) is 6.48. The van der Waals surface area contributed by atoms with Crippen LogP contribution in [0.1, 0.15) is 17.0 Å². The standard InChI is InChI=1S/C28H23NO8/c1-32-17-9-7-16(8-10-17)29-27(30)26-22(15-13-20(33-2)25-21(14-15)34-11-12-35-25)23-24(37-26)18-5-3-4-6-19(18)36-28(23)31/h3-10,13-14,22,26H,11-12H2,1-2H3,(H,29,30)/t22-,26+/m1/s1. The SMILES string of the molecule is COc1ccc(NC(=O)[C@H]2Oc3c(c(=O)oc4ccccc34)[C@H]2c2cc(OC)c3c(c2)OCCO3)cc1. The molecule has 6 rings (SSSR count). The Morgan fingerprint density at radius 2 is 1.73 bits per heavy atom. The maximum absolute atomic E-state index is 13.6. The molecule has 2 aliphatic rings. The van der Waals surface area contributed by atoms with Gasteiger partial charge in [0.15, 0.2) is 17.6 Å². The van der Waals surface area contributed by atoms with Crippen LogP contribution in [0.5, 0.6) is 28.7 Å². The van der Waals surface area contributed by atoms with Crippen LogP contribution < -0.4 is 34.6 Å². The molecule has 1 amide bonds. The van der Waals surface area contributed by atoms with Crippen molar-refractivity contribution in [3.05, 3.63) is 82.2 Å². The van der Waals surface area contributed by atoms with Gasteiger partial charge in [0, 0.05) is 5.69 Å². The molecule has 0 saturated heterocycles. The van der Waals surface area contributed by atoms with Crippen LogP contribution in [-0.4, -0.2) is 39.4 Å². The minimum atomic E-state index is -1.07. The molecule has 0 aliphatic carbocycles. The van der Waals surface area contributed by atoms with Crippen molar-refractivity contribution in [3.63, 3.8) is 0 Å². The fraction of sp³-hybridized carbons (Fsp3) is 0.214. The summed E-state index contributed by atoms with van der Waals surface area (Å²) in [4.78, 5) is 26.9. The Kier molecular flexibility index (Phi) is 5.60. The zero-order valence-corrected chi connectivity index (χ0v) is 20.1. The van der Waals surface area contributed by atoms with Crippen molar-refractivity contribution in [2.45, 2.75) is 12.0 Å². The average molecular weight is 501 g/mol. The molecule has 37 heavy (non-hydrogen) atoms. The number of ether oxygens (including phenoxy) is 5. The number of methoxy groups -OCH3 is 2. The summed E-state index contributed by atoms with van der Waals surface area (Å²) < 4.78 is 34.2. The van der Waals surface area contributed by atoms with Crippen LogP contribution in [0.3, 0.4) is 0 Å². The quantitative estimate of drug-likeness (QED) is 0.408. The lowest BCUT2D eigenvalue weighted by Gasteiger charge is -2.24. The van der Waals surface area contributed by atoms with Crippen molar-refractivity contribution < 1.29 is 32.9 Å². The summed E-state index contributed by atoms with van der Waals surface area (Å²) in [6.07, 6.45) is -1.07. The van der Waals surface area contributed by atoms with Gasteiger partial charge in [0.1, 0.15) is 30.3 Å². The summed E-state index contributed by atoms with van der Waals surface area (Å²) in [7, 11) is 3.09. The molecule has 4 aromatic rings. The molecule has 0 radical (unpaired) electrons. The van der Waals surface area contributed by atoms with Crippen molar-refractivity contribution >= 4 is 22.6 Å². The molecule has 9 heteroatoms. The van der Waals surface area contributed by atoms with E-state index in [4.69, 9.17) is 28.1 Å². The second-order valence-electron chi connectivity index (χ2n) is 8.61. The molecule has 3 aromatic carbocycles. The lowest BCUT2D eigenvalue weighted by molar-refractivity contribution is -0.122. The number of anilines is 1. The van der Waals surface area contributed by atoms with Gasteiger partial charge in [-0.15, -0.1) is 0 Å². The van der Waals surface area contributed by atoms with E-state index >= 15 is 0 Å². The smallest absolute Gasteiger partial charge is 0.344 e. The van der Waals surface area contributed by atoms with Crippen LogP contribution in [-0.2, 0) is 4.79 Å². The van der Waals surface area contributed by atoms with Gasteiger partial charge in [0.05, 0.1) is 31.1 Å². The summed E-state index contributed by atoms with van der Waals surface area (Å²) in [5.41, 5.74) is 1.21. The fourth-order valence-corrected chi connectivity index (χ4v) is 4.78. The average Bonchev–Trinajstić information content (AvgIpc) is 3.35. The van der Waals surface area contributed by atoms with Crippen molar-refractivity contribution in [2.75, 3.05) is 32.8 Å². The molecule has 0 unspecified atom stereocenters. The predicted molar refractivity (Wildman–Crippen MR) is 134 cm³/mol. The van der Waals surface area contributed by atoms with Gasteiger partial charge in [0.2, 0.25) is 5.75 Å². The largest absolute Gasteiger partial charge is 0.497 e. The Morgan fingerprint density at radius 3 is 2.51 bits per heavy atom. The molecule has 2 atom stereocenters. The van der Waals surface area contributed by atoms with E-state index in [1.165, 1.54) is 7.11 Å². The first kappa shape index (κ1) is 22.8. The topological polar surface area (TPSA) is 105 Å². The van der Waals surface area contributed by atoms with Crippen molar-refractivity contribution in [2.24, 2.45) is 0 Å². The monoisotopic (exact) mass is 501 g/mol. The molecule has 9 nitrogen and oxygen atoms in total. The lowest BCUT2D eigenvalue weighted by atomic mass is 9.87. The molecule has 0 saturated carbocycles. The van der Waals surface area contributed by atoms with Crippen LogP contribution >= 0.6 is 0 Å². The van der Waals surface area contributed by atoms with Crippen molar-refractivity contribution in [1.29, 1.82) is 0 Å². The number of hydrogen-bond donors (Lipinski definition) is 1. The summed E-state index contributed by atoms with van der Waals surface area (Å²) in [6, 6.07) is 17.5. The van der Waals surface area contributed by atoms with Crippen LogP contribution in [0, 0.1) is 0 Å². The van der Waals surface area contributed by atoms with Gasteiger partial charge in [-0.1, -0.05) is 12.1 Å². The Hall–Kier alpha value is -4.66. The number of benzene rings is 3. The van der Waals surface area contributed by atoms with E-state index in [1.807, 2.05) is 6.07 Å². The van der Waals surface area contributed by atoms with Gasteiger partial charge < -0.3 is 33.4 Å². The Bertz CT molecular complexity index is 1540. The molecular formula is C28H23NO8. The van der Waals surface area contributed by atoms with Crippen LogP contribution in [0.4, 0.5) is 5.69 Å². The van der Waals surface area contributed by atoms with Gasteiger partial charge in [-0.3, -0.25) is 4.79 Å². The number of carbonyl (C=O) groups excluding carboxylic acids is 1. The normalized spacial score (nSPS) is 17.6. The van der Waals surface area contributed by atoms with E-state index < -0.39 is 23.6 Å². The molecule has 1 N–H and O–H groups in total. The molecule has 2 aliphatic heterocycles. The van der Waals surface area contributed by atoms with Gasteiger partial charge in [-0.25, -0.2) is 4.79 Å². The first-order valence-electron chi connectivity index (χ1n) is 11.7. The minimum Gasteiger partial charge on any atom is -0.497 e. The van der Waals surface area contributed by atoms with Crippen LogP contribution in [0.25, 0.3) is 11.0 Å². The number of carbonyl (C=O) groups is 1. The van der Waals surface area contributed by atoms with E-state index in [-0.39, 0.29) is 5.56 Å². The molecule has 0 bridgehead atoms. The lowest BCUT2D eigenvalue weighted by Crippen LogP contribution is -2.35. The zero-order valence-electron chi connectivity index (χ0n) is 20.1. The highest BCUT2D eigenvalue weighted by Gasteiger charge is 2.45. The molecule has 3 heterocycles. The van der Waals surface area contributed by atoms with Crippen molar-refractivity contribution in [1.82, 2.24) is 0 Å². The highest BCUT2D eigenvalue weighted by atomic mass is 16.6. The Morgan fingerprint density at radius 1 is 0.946 bits per heavy atom. The second kappa shape index (κ2) is 9.09. The van der Waals surface area contributed by atoms with Gasteiger partial charge in [-0.05, 0) is 54.1 Å². The number of para-hydroxylation sites is 1. The maximum Gasteiger partial charge on any atom is 0.344 e. The number of hydrogen-bond acceptors (Lipinski definition) is 8. The zero-order chi connectivity index (χ0) is 25.5. The van der Waals surface area contributed by atoms with E-state index in [0.717, 1.165) is 0 Å². The summed E-state index contributed by atoms with van der Waals surface area (Å²) in [6.45, 7) is 0.756. The van der Waals surface area contributed by atoms with Gasteiger partial charge in [-0.2, -0.15) is 0 Å². The van der Waals surface area contributed by atoms with E-state index in [0.29, 0.717) is 64.2 Å². The fourth-order valence-electron chi connectivity index (χ4n) is 4.78. The van der Waals surface area contributed by atoms with Crippen molar-refractivity contribution in [3.8, 4) is 28.7 Å². The summed E-state index contributed by atoms with van der Waals surface area (Å²) >= 11 is 0. The first-order valence-corrected chi connectivity index (χ1v) is 11.7. The maximum atomic E-state index is 13.6. The Balaban J connectivity index is 1.48.